The van der Waals surface area contributed by atoms with E-state index in [-0.39, 0.29) is 17.0 Å². The van der Waals surface area contributed by atoms with E-state index < -0.39 is 0 Å². The highest BCUT2D eigenvalue weighted by molar-refractivity contribution is 5.84. The van der Waals surface area contributed by atoms with Crippen molar-refractivity contribution in [1.82, 2.24) is 15.2 Å². The molecule has 0 aliphatic carbocycles. The molecule has 0 atom stereocenters. The lowest BCUT2D eigenvalue weighted by molar-refractivity contribution is -0.0806. The van der Waals surface area contributed by atoms with Crippen molar-refractivity contribution in [1.29, 1.82) is 0 Å². The minimum Gasteiger partial charge on any atom is -0.497 e. The van der Waals surface area contributed by atoms with Crippen molar-refractivity contribution in [2.45, 2.75) is 39.7 Å². The van der Waals surface area contributed by atoms with E-state index in [1.807, 2.05) is 29.3 Å². The fourth-order valence-corrected chi connectivity index (χ4v) is 3.28. The number of methoxy groups -OCH3 is 1. The van der Waals surface area contributed by atoms with Gasteiger partial charge in [0.25, 0.3) is 0 Å². The number of ether oxygens (including phenoxy) is 1. The fourth-order valence-electron chi connectivity index (χ4n) is 3.28. The Hall–Kier alpha value is -2.17. The lowest BCUT2D eigenvalue weighted by Gasteiger charge is -2.61. The van der Waals surface area contributed by atoms with E-state index in [9.17, 15) is 4.79 Å². The summed E-state index contributed by atoms with van der Waals surface area (Å²) in [5.41, 5.74) is 2.33. The zero-order valence-electron chi connectivity index (χ0n) is 15.2. The van der Waals surface area contributed by atoms with Crippen molar-refractivity contribution in [3.8, 4) is 5.75 Å². The molecule has 1 aromatic heterocycles. The monoisotopic (exact) mass is 329 g/mol. The maximum Gasteiger partial charge on any atom is 0.317 e. The molecule has 3 rings (SSSR count). The molecule has 24 heavy (non-hydrogen) atoms. The summed E-state index contributed by atoms with van der Waals surface area (Å²) in [6.07, 6.45) is 2.80. The Balaban J connectivity index is 1.60. The molecule has 5 heteroatoms. The molecule has 5 nitrogen and oxygen atoms in total. The molecule has 0 radical (unpaired) electrons. The third kappa shape index (κ3) is 2.62. The third-order valence-electron chi connectivity index (χ3n) is 5.77. The second kappa shape index (κ2) is 5.72. The summed E-state index contributed by atoms with van der Waals surface area (Å²) < 4.78 is 5.30. The lowest BCUT2D eigenvalue weighted by atomic mass is 9.65. The number of nitrogens with one attached hydrogen (secondary N) is 2. The number of fused-ring (bicyclic) bond motifs is 1. The van der Waals surface area contributed by atoms with Crippen molar-refractivity contribution in [2.75, 3.05) is 20.2 Å². The number of H-pyrrole nitrogens is 1. The van der Waals surface area contributed by atoms with Crippen LogP contribution in [0.1, 0.15) is 33.3 Å². The first-order valence-corrected chi connectivity index (χ1v) is 8.46. The smallest absolute Gasteiger partial charge is 0.317 e. The van der Waals surface area contributed by atoms with Crippen LogP contribution in [0.3, 0.4) is 0 Å². The summed E-state index contributed by atoms with van der Waals surface area (Å²) in [7, 11) is 1.67. The summed E-state index contributed by atoms with van der Waals surface area (Å²) in [5, 5.41) is 4.20. The highest BCUT2D eigenvalue weighted by Gasteiger charge is 2.54. The second-order valence-electron chi connectivity index (χ2n) is 7.74. The number of aromatic nitrogens is 1. The number of benzene rings is 1. The number of hydrogen-bond acceptors (Lipinski definition) is 2. The number of likely N-dealkylation sites (tertiary alicyclic amines) is 1. The molecule has 0 spiro atoms. The summed E-state index contributed by atoms with van der Waals surface area (Å²) in [6, 6.07) is 6.01. The van der Waals surface area contributed by atoms with Crippen molar-refractivity contribution >= 4 is 16.9 Å². The van der Waals surface area contributed by atoms with E-state index in [0.29, 0.717) is 6.54 Å². The highest BCUT2D eigenvalue weighted by atomic mass is 16.5. The van der Waals surface area contributed by atoms with Gasteiger partial charge in [0, 0.05) is 41.1 Å². The van der Waals surface area contributed by atoms with Gasteiger partial charge in [0.2, 0.25) is 0 Å². The zero-order valence-corrected chi connectivity index (χ0v) is 15.2. The largest absolute Gasteiger partial charge is 0.497 e. The van der Waals surface area contributed by atoms with Crippen LogP contribution in [0.4, 0.5) is 4.79 Å². The quantitative estimate of drug-likeness (QED) is 0.901. The van der Waals surface area contributed by atoms with Gasteiger partial charge in [-0.25, -0.2) is 4.79 Å². The van der Waals surface area contributed by atoms with Gasteiger partial charge in [0.1, 0.15) is 5.75 Å². The number of urea groups is 1. The molecule has 0 unspecified atom stereocenters. The van der Waals surface area contributed by atoms with E-state index in [1.54, 1.807) is 7.11 Å². The van der Waals surface area contributed by atoms with Crippen molar-refractivity contribution < 1.29 is 9.53 Å². The maximum absolute atomic E-state index is 12.4. The number of rotatable bonds is 4. The first-order valence-electron chi connectivity index (χ1n) is 8.46. The van der Waals surface area contributed by atoms with E-state index in [2.05, 4.69) is 38.0 Å². The molecule has 1 aliphatic rings. The van der Waals surface area contributed by atoms with Crippen LogP contribution in [0.5, 0.6) is 5.75 Å². The maximum atomic E-state index is 12.4. The number of nitrogens with zero attached hydrogens (tertiary/aromatic N) is 1. The molecule has 0 bridgehead atoms. The van der Waals surface area contributed by atoms with Crippen LogP contribution in [0.2, 0.25) is 0 Å². The zero-order chi connectivity index (χ0) is 17.5. The molecule has 0 saturated carbocycles. The molecule has 2 aromatic rings. The van der Waals surface area contributed by atoms with Crippen molar-refractivity contribution in [3.05, 3.63) is 30.0 Å². The van der Waals surface area contributed by atoms with Crippen molar-refractivity contribution in [2.24, 2.45) is 5.41 Å². The van der Waals surface area contributed by atoms with Gasteiger partial charge in [-0.3, -0.25) is 0 Å². The van der Waals surface area contributed by atoms with E-state index >= 15 is 0 Å². The fraction of sp³-hybridized carbons (Fsp3) is 0.526. The van der Waals surface area contributed by atoms with Gasteiger partial charge in [0.15, 0.2) is 0 Å². The molecule has 2 heterocycles. The normalized spacial score (nSPS) is 18.3. The Morgan fingerprint density at radius 3 is 2.71 bits per heavy atom. The van der Waals surface area contributed by atoms with Gasteiger partial charge in [-0.2, -0.15) is 0 Å². The van der Waals surface area contributed by atoms with Gasteiger partial charge < -0.3 is 19.9 Å². The van der Waals surface area contributed by atoms with Crippen LogP contribution in [0, 0.1) is 5.41 Å². The van der Waals surface area contributed by atoms with Crippen LogP contribution in [-0.4, -0.2) is 41.7 Å². The third-order valence-corrected chi connectivity index (χ3v) is 5.77. The van der Waals surface area contributed by atoms with Crippen LogP contribution >= 0.6 is 0 Å². The minimum atomic E-state index is -0.106. The van der Waals surface area contributed by atoms with Gasteiger partial charge in [-0.05, 0) is 44.0 Å². The van der Waals surface area contributed by atoms with Crippen LogP contribution in [0.15, 0.2) is 24.4 Å². The van der Waals surface area contributed by atoms with Gasteiger partial charge in [-0.15, -0.1) is 0 Å². The SMILES string of the molecule is COc1ccc2[nH]cc(CCNC(=O)N3CC(C)(C)C3(C)C)c2c1. The first kappa shape index (κ1) is 16.7. The van der Waals surface area contributed by atoms with Gasteiger partial charge in [-0.1, -0.05) is 13.8 Å². The Bertz CT molecular complexity index is 761. The Morgan fingerprint density at radius 1 is 1.33 bits per heavy atom. The van der Waals surface area contributed by atoms with Gasteiger partial charge in [0.05, 0.1) is 7.11 Å². The summed E-state index contributed by atoms with van der Waals surface area (Å²) in [5.74, 6) is 0.844. The lowest BCUT2D eigenvalue weighted by Crippen LogP contribution is -2.72. The van der Waals surface area contributed by atoms with E-state index in [1.165, 1.54) is 5.56 Å². The molecular formula is C19H27N3O2. The van der Waals surface area contributed by atoms with Crippen LogP contribution in [-0.2, 0) is 6.42 Å². The summed E-state index contributed by atoms with van der Waals surface area (Å²) >= 11 is 0. The molecule has 1 aromatic carbocycles. The summed E-state index contributed by atoms with van der Waals surface area (Å²) in [6.45, 7) is 10.1. The Kier molecular flexibility index (Phi) is 3.98. The number of carbonyl (C=O) groups is 1. The molecule has 2 amide bonds. The van der Waals surface area contributed by atoms with E-state index in [0.717, 1.165) is 29.6 Å². The molecule has 1 aliphatic heterocycles. The average molecular weight is 329 g/mol. The minimum absolute atomic E-state index is 0.0248. The average Bonchev–Trinajstić information content (AvgIpc) is 2.94. The molecular weight excluding hydrogens is 302 g/mol. The van der Waals surface area contributed by atoms with Crippen LogP contribution in [0.25, 0.3) is 10.9 Å². The number of amides is 2. The predicted molar refractivity (Wildman–Crippen MR) is 96.5 cm³/mol. The molecule has 1 fully saturated rings. The topological polar surface area (TPSA) is 57.4 Å². The molecule has 1 saturated heterocycles. The van der Waals surface area contributed by atoms with Crippen LogP contribution < -0.4 is 10.1 Å². The number of aromatic amines is 1. The van der Waals surface area contributed by atoms with Crippen molar-refractivity contribution in [3.63, 3.8) is 0 Å². The first-order chi connectivity index (χ1) is 11.3. The van der Waals surface area contributed by atoms with Gasteiger partial charge >= 0.3 is 6.03 Å². The Labute approximate surface area is 143 Å². The van der Waals surface area contributed by atoms with E-state index in [4.69, 9.17) is 4.74 Å². The standard InChI is InChI=1S/C19H27N3O2/c1-18(2)12-22(19(18,3)4)17(23)20-9-8-13-11-21-16-7-6-14(24-5)10-15(13)16/h6-7,10-11,21H,8-9,12H2,1-5H3,(H,20,23). The molecule has 2 N–H and O–H groups in total. The highest BCUT2D eigenvalue weighted by Crippen LogP contribution is 2.46. The molecule has 130 valence electrons. The number of carbonyl (C=O) groups excluding carboxylic acids is 1. The summed E-state index contributed by atoms with van der Waals surface area (Å²) in [4.78, 5) is 17.6. The number of hydrogen-bond donors (Lipinski definition) is 2. The Morgan fingerprint density at radius 2 is 2.08 bits per heavy atom. The second-order valence-corrected chi connectivity index (χ2v) is 7.74. The predicted octanol–water partition coefficient (Wildman–Crippen LogP) is 3.55.